The largest absolute Gasteiger partial charge is 0.207 e. The maximum atomic E-state index is 13.1. The Labute approximate surface area is 130 Å². The van der Waals surface area contributed by atoms with Gasteiger partial charge in [-0.25, -0.2) is 4.39 Å². The van der Waals surface area contributed by atoms with E-state index in [9.17, 15) is 4.39 Å². The average Bonchev–Trinajstić information content (AvgIpc) is 3.08. The third kappa shape index (κ3) is 2.60. The molecule has 0 spiro atoms. The van der Waals surface area contributed by atoms with Crippen molar-refractivity contribution in [3.8, 4) is 0 Å². The normalized spacial score (nSPS) is 29.1. The van der Waals surface area contributed by atoms with Crippen LogP contribution in [-0.2, 0) is 5.41 Å². The summed E-state index contributed by atoms with van der Waals surface area (Å²) < 4.78 is 13.1. The van der Waals surface area contributed by atoms with Gasteiger partial charge in [-0.15, -0.1) is 23.2 Å². The highest BCUT2D eigenvalue weighted by molar-refractivity contribution is 6.22. The Balaban J connectivity index is 1.82. The first-order valence-electron chi connectivity index (χ1n) is 7.55. The Kier molecular flexibility index (Phi) is 4.29. The van der Waals surface area contributed by atoms with Crippen LogP contribution in [0.5, 0.6) is 0 Å². The molecule has 3 unspecified atom stereocenters. The van der Waals surface area contributed by atoms with E-state index in [1.165, 1.54) is 37.8 Å². The van der Waals surface area contributed by atoms with E-state index in [0.717, 1.165) is 29.7 Å². The van der Waals surface area contributed by atoms with Crippen LogP contribution in [0.2, 0.25) is 0 Å². The van der Waals surface area contributed by atoms with Gasteiger partial charge in [-0.2, -0.15) is 0 Å². The van der Waals surface area contributed by atoms with Gasteiger partial charge in [0.2, 0.25) is 0 Å². The van der Waals surface area contributed by atoms with E-state index >= 15 is 0 Å². The van der Waals surface area contributed by atoms with Crippen LogP contribution in [-0.4, -0.2) is 11.8 Å². The smallest absolute Gasteiger partial charge is 0.123 e. The van der Waals surface area contributed by atoms with Gasteiger partial charge >= 0.3 is 0 Å². The fourth-order valence-electron chi connectivity index (χ4n) is 4.35. The van der Waals surface area contributed by atoms with Crippen molar-refractivity contribution in [3.05, 3.63) is 35.6 Å². The van der Waals surface area contributed by atoms with E-state index in [2.05, 4.69) is 0 Å². The second-order valence-corrected chi connectivity index (χ2v) is 7.23. The van der Waals surface area contributed by atoms with Crippen molar-refractivity contribution in [3.63, 3.8) is 0 Å². The van der Waals surface area contributed by atoms with E-state index in [-0.39, 0.29) is 11.2 Å². The number of halogens is 3. The monoisotopic (exact) mass is 314 g/mol. The van der Waals surface area contributed by atoms with E-state index in [1.54, 1.807) is 0 Å². The zero-order valence-electron chi connectivity index (χ0n) is 11.6. The summed E-state index contributed by atoms with van der Waals surface area (Å²) >= 11 is 12.6. The summed E-state index contributed by atoms with van der Waals surface area (Å²) in [5.41, 5.74) is 0.887. The molecule has 0 radical (unpaired) electrons. The van der Waals surface area contributed by atoms with E-state index in [4.69, 9.17) is 23.2 Å². The molecule has 2 aliphatic carbocycles. The standard InChI is InChI=1S/C17H21Cl2F/c18-10-17(11-19,15-3-5-16(20)6-4-15)9-14-8-12-1-2-13(14)7-12/h3-6,12-14H,1-2,7-11H2. The lowest BCUT2D eigenvalue weighted by Crippen LogP contribution is -2.34. The minimum absolute atomic E-state index is 0.202. The molecule has 1 aromatic rings. The summed E-state index contributed by atoms with van der Waals surface area (Å²) in [4.78, 5) is 0. The van der Waals surface area contributed by atoms with Crippen LogP contribution in [0, 0.1) is 23.6 Å². The van der Waals surface area contributed by atoms with E-state index in [0.29, 0.717) is 11.8 Å². The molecule has 110 valence electrons. The molecule has 0 aromatic heterocycles. The third-order valence-electron chi connectivity index (χ3n) is 5.51. The maximum Gasteiger partial charge on any atom is 0.123 e. The highest BCUT2D eigenvalue weighted by atomic mass is 35.5. The van der Waals surface area contributed by atoms with Crippen molar-refractivity contribution in [2.24, 2.45) is 17.8 Å². The predicted octanol–water partition coefficient (Wildman–Crippen LogP) is 5.37. The molecule has 0 nitrogen and oxygen atoms in total. The molecule has 20 heavy (non-hydrogen) atoms. The van der Waals surface area contributed by atoms with Crippen LogP contribution < -0.4 is 0 Å². The highest BCUT2D eigenvalue weighted by Crippen LogP contribution is 2.52. The Hall–Kier alpha value is -0.270. The Bertz CT molecular complexity index is 453. The molecule has 0 N–H and O–H groups in total. The Morgan fingerprint density at radius 3 is 2.25 bits per heavy atom. The lowest BCUT2D eigenvalue weighted by Gasteiger charge is -2.35. The minimum Gasteiger partial charge on any atom is -0.207 e. The molecule has 2 bridgehead atoms. The van der Waals surface area contributed by atoms with Gasteiger partial charge in [-0.3, -0.25) is 0 Å². The van der Waals surface area contributed by atoms with Crippen LogP contribution in [0.4, 0.5) is 4.39 Å². The molecule has 0 amide bonds. The molecular formula is C17H21Cl2F. The molecule has 0 saturated heterocycles. The Morgan fingerprint density at radius 1 is 1.05 bits per heavy atom. The summed E-state index contributed by atoms with van der Waals surface area (Å²) in [5, 5.41) is 0. The number of fused-ring (bicyclic) bond motifs is 2. The number of rotatable bonds is 5. The van der Waals surface area contributed by atoms with Crippen molar-refractivity contribution < 1.29 is 4.39 Å². The lowest BCUT2D eigenvalue weighted by atomic mass is 9.72. The molecule has 3 atom stereocenters. The number of alkyl halides is 2. The fourth-order valence-corrected chi connectivity index (χ4v) is 5.16. The van der Waals surface area contributed by atoms with Gasteiger partial charge in [0.1, 0.15) is 5.82 Å². The van der Waals surface area contributed by atoms with Crippen molar-refractivity contribution >= 4 is 23.2 Å². The first-order chi connectivity index (χ1) is 9.66. The number of hydrogen-bond acceptors (Lipinski definition) is 0. The molecule has 3 rings (SSSR count). The van der Waals surface area contributed by atoms with Gasteiger partial charge in [0.15, 0.2) is 0 Å². The van der Waals surface area contributed by atoms with Crippen LogP contribution in [0.1, 0.15) is 37.7 Å². The summed E-state index contributed by atoms with van der Waals surface area (Å²) in [6.07, 6.45) is 6.56. The topological polar surface area (TPSA) is 0 Å². The number of hydrogen-bond donors (Lipinski definition) is 0. The highest BCUT2D eigenvalue weighted by Gasteiger charge is 2.44. The zero-order valence-corrected chi connectivity index (χ0v) is 13.1. The van der Waals surface area contributed by atoms with Gasteiger partial charge in [0.25, 0.3) is 0 Å². The van der Waals surface area contributed by atoms with Crippen LogP contribution in [0.3, 0.4) is 0 Å². The SMILES string of the molecule is Fc1ccc(C(CCl)(CCl)CC2CC3CCC2C3)cc1. The summed E-state index contributed by atoms with van der Waals surface area (Å²) in [7, 11) is 0. The summed E-state index contributed by atoms with van der Waals surface area (Å²) in [6.45, 7) is 0. The van der Waals surface area contributed by atoms with Crippen molar-refractivity contribution in [1.82, 2.24) is 0 Å². The van der Waals surface area contributed by atoms with Crippen molar-refractivity contribution in [2.75, 3.05) is 11.8 Å². The molecule has 1 aromatic carbocycles. The summed E-state index contributed by atoms with van der Waals surface area (Å²) in [5.74, 6) is 3.36. The van der Waals surface area contributed by atoms with Crippen molar-refractivity contribution in [2.45, 2.75) is 37.5 Å². The molecule has 2 aliphatic rings. The van der Waals surface area contributed by atoms with Crippen LogP contribution >= 0.6 is 23.2 Å². The molecular weight excluding hydrogens is 294 g/mol. The van der Waals surface area contributed by atoms with Gasteiger partial charge in [-0.05, 0) is 61.1 Å². The first-order valence-corrected chi connectivity index (χ1v) is 8.62. The quantitative estimate of drug-likeness (QED) is 0.641. The molecule has 3 heteroatoms. The van der Waals surface area contributed by atoms with Crippen LogP contribution in [0.25, 0.3) is 0 Å². The van der Waals surface area contributed by atoms with Gasteiger partial charge < -0.3 is 0 Å². The predicted molar refractivity (Wildman–Crippen MR) is 83.1 cm³/mol. The zero-order chi connectivity index (χ0) is 14.2. The van der Waals surface area contributed by atoms with E-state index < -0.39 is 0 Å². The molecule has 2 fully saturated rings. The first kappa shape index (κ1) is 14.7. The van der Waals surface area contributed by atoms with Crippen molar-refractivity contribution in [1.29, 1.82) is 0 Å². The summed E-state index contributed by atoms with van der Waals surface area (Å²) in [6, 6.07) is 6.74. The Morgan fingerprint density at radius 2 is 1.75 bits per heavy atom. The second-order valence-electron chi connectivity index (χ2n) is 6.69. The molecule has 0 aliphatic heterocycles. The van der Waals surface area contributed by atoms with Gasteiger partial charge in [0.05, 0.1) is 0 Å². The average molecular weight is 315 g/mol. The second kappa shape index (κ2) is 5.85. The maximum absolute atomic E-state index is 13.1. The number of benzene rings is 1. The fraction of sp³-hybridized carbons (Fsp3) is 0.647. The van der Waals surface area contributed by atoms with Gasteiger partial charge in [-0.1, -0.05) is 18.6 Å². The van der Waals surface area contributed by atoms with Crippen LogP contribution in [0.15, 0.2) is 24.3 Å². The molecule has 0 heterocycles. The minimum atomic E-state index is -0.202. The van der Waals surface area contributed by atoms with E-state index in [1.807, 2.05) is 12.1 Å². The lowest BCUT2D eigenvalue weighted by molar-refractivity contribution is 0.263. The molecule has 2 saturated carbocycles. The third-order valence-corrected chi connectivity index (χ3v) is 6.53. The van der Waals surface area contributed by atoms with Gasteiger partial charge in [0, 0.05) is 17.2 Å².